The Morgan fingerprint density at radius 1 is 1.31 bits per heavy atom. The molecule has 0 unspecified atom stereocenters. The minimum atomic E-state index is -0.206. The van der Waals surface area contributed by atoms with E-state index in [9.17, 15) is 4.79 Å². The number of nitrogens with zero attached hydrogens (tertiary/aromatic N) is 3. The number of nitrogens with one attached hydrogen (secondary N) is 2. The zero-order valence-corrected chi connectivity index (χ0v) is 14.6. The number of benzene rings is 1. The molecular formula is C19H21N5O2. The normalized spacial score (nSPS) is 15.5. The Bertz CT molecular complexity index is 937. The summed E-state index contributed by atoms with van der Waals surface area (Å²) >= 11 is 0. The molecule has 4 rings (SSSR count). The van der Waals surface area contributed by atoms with Crippen molar-refractivity contribution in [1.29, 1.82) is 0 Å². The summed E-state index contributed by atoms with van der Waals surface area (Å²) in [5.41, 5.74) is 2.75. The lowest BCUT2D eigenvalue weighted by Crippen LogP contribution is -2.29. The molecule has 0 fully saturated rings. The Balaban J connectivity index is 1.25. The highest BCUT2D eigenvalue weighted by Gasteiger charge is 2.19. The maximum absolute atomic E-state index is 12.1. The third-order valence-electron chi connectivity index (χ3n) is 4.40. The van der Waals surface area contributed by atoms with Gasteiger partial charge < -0.3 is 15.4 Å². The van der Waals surface area contributed by atoms with Gasteiger partial charge in [0.1, 0.15) is 17.7 Å². The summed E-state index contributed by atoms with van der Waals surface area (Å²) in [6, 6.07) is 11.3. The average molecular weight is 351 g/mol. The van der Waals surface area contributed by atoms with Crippen LogP contribution in [0.5, 0.6) is 5.75 Å². The molecule has 3 heterocycles. The van der Waals surface area contributed by atoms with E-state index in [1.54, 1.807) is 0 Å². The van der Waals surface area contributed by atoms with E-state index < -0.39 is 0 Å². The first-order valence-electron chi connectivity index (χ1n) is 8.82. The molecule has 26 heavy (non-hydrogen) atoms. The summed E-state index contributed by atoms with van der Waals surface area (Å²) in [6.45, 7) is 2.61. The van der Waals surface area contributed by atoms with Crippen LogP contribution < -0.4 is 15.4 Å². The second kappa shape index (κ2) is 7.03. The number of hydrogen-bond acceptors (Lipinski definition) is 4. The minimum absolute atomic E-state index is 0.197. The second-order valence-corrected chi connectivity index (χ2v) is 6.48. The van der Waals surface area contributed by atoms with Gasteiger partial charge in [-0.2, -0.15) is 0 Å². The predicted octanol–water partition coefficient (Wildman–Crippen LogP) is 2.81. The summed E-state index contributed by atoms with van der Waals surface area (Å²) in [7, 11) is 0. The van der Waals surface area contributed by atoms with Crippen molar-refractivity contribution in [1.82, 2.24) is 19.9 Å². The van der Waals surface area contributed by atoms with E-state index in [2.05, 4.69) is 20.8 Å². The summed E-state index contributed by atoms with van der Waals surface area (Å²) in [4.78, 5) is 12.1. The van der Waals surface area contributed by atoms with Crippen LogP contribution in [0.3, 0.4) is 0 Å². The molecule has 0 saturated heterocycles. The van der Waals surface area contributed by atoms with Gasteiger partial charge in [0.25, 0.3) is 0 Å². The molecule has 134 valence electrons. The molecule has 1 atom stereocenters. The minimum Gasteiger partial charge on any atom is -0.490 e. The molecule has 0 aliphatic carbocycles. The van der Waals surface area contributed by atoms with Crippen LogP contribution in [0.1, 0.15) is 24.7 Å². The van der Waals surface area contributed by atoms with Gasteiger partial charge in [0, 0.05) is 31.3 Å². The third kappa shape index (κ3) is 3.46. The quantitative estimate of drug-likeness (QED) is 0.693. The summed E-state index contributed by atoms with van der Waals surface area (Å²) in [6.07, 6.45) is 4.56. The largest absolute Gasteiger partial charge is 0.490 e. The number of aromatic nitrogens is 3. The lowest BCUT2D eigenvalue weighted by atomic mass is 10.1. The van der Waals surface area contributed by atoms with Crippen molar-refractivity contribution < 1.29 is 9.53 Å². The van der Waals surface area contributed by atoms with Crippen LogP contribution in [0.15, 0.2) is 42.6 Å². The monoisotopic (exact) mass is 351 g/mol. The van der Waals surface area contributed by atoms with Crippen molar-refractivity contribution in [2.75, 3.05) is 11.9 Å². The standard InChI is InChI=1S/C19H21N5O2/c1-13-11-14-12-15(7-8-16(14)26-13)21-19(25)20-9-4-6-18-23-22-17-5-2-3-10-24(17)18/h2-3,5,7-8,10,12-13H,4,6,9,11H2,1H3,(H2,20,21,25)/t13-/m0/s1. The molecule has 1 aliphatic heterocycles. The van der Waals surface area contributed by atoms with Crippen LogP contribution in [0.25, 0.3) is 5.65 Å². The Hall–Kier alpha value is -3.09. The van der Waals surface area contributed by atoms with Gasteiger partial charge in [-0.3, -0.25) is 4.40 Å². The lowest BCUT2D eigenvalue weighted by molar-refractivity contribution is 0.252. The van der Waals surface area contributed by atoms with Crippen molar-refractivity contribution in [3.05, 3.63) is 54.0 Å². The molecule has 0 saturated carbocycles. The maximum atomic E-state index is 12.1. The number of carbonyl (C=O) groups is 1. The van der Waals surface area contributed by atoms with Crippen LogP contribution >= 0.6 is 0 Å². The average Bonchev–Trinajstić information content (AvgIpc) is 3.21. The number of urea groups is 1. The molecule has 7 nitrogen and oxygen atoms in total. The van der Waals surface area contributed by atoms with Crippen LogP contribution in [0.4, 0.5) is 10.5 Å². The lowest BCUT2D eigenvalue weighted by Gasteiger charge is -2.08. The van der Waals surface area contributed by atoms with Gasteiger partial charge in [-0.25, -0.2) is 4.79 Å². The molecule has 0 bridgehead atoms. The molecule has 3 aromatic rings. The number of ether oxygens (including phenoxy) is 1. The van der Waals surface area contributed by atoms with Gasteiger partial charge in [-0.05, 0) is 49.2 Å². The molecule has 1 aromatic carbocycles. The number of aryl methyl sites for hydroxylation is 1. The molecule has 0 spiro atoms. The van der Waals surface area contributed by atoms with Crippen molar-refractivity contribution in [3.8, 4) is 5.75 Å². The van der Waals surface area contributed by atoms with E-state index in [0.717, 1.165) is 47.7 Å². The van der Waals surface area contributed by atoms with Gasteiger partial charge in [-0.15, -0.1) is 10.2 Å². The van der Waals surface area contributed by atoms with Gasteiger partial charge >= 0.3 is 6.03 Å². The highest BCUT2D eigenvalue weighted by molar-refractivity contribution is 5.89. The molecule has 1 aliphatic rings. The van der Waals surface area contributed by atoms with E-state index in [0.29, 0.717) is 6.54 Å². The number of carbonyl (C=O) groups excluding carboxylic acids is 1. The van der Waals surface area contributed by atoms with Crippen LogP contribution in [0.2, 0.25) is 0 Å². The number of hydrogen-bond donors (Lipinski definition) is 2. The number of amides is 2. The van der Waals surface area contributed by atoms with Crippen molar-refractivity contribution >= 4 is 17.4 Å². The molecule has 2 aromatic heterocycles. The van der Waals surface area contributed by atoms with Crippen molar-refractivity contribution in [3.63, 3.8) is 0 Å². The zero-order chi connectivity index (χ0) is 17.9. The number of fused-ring (bicyclic) bond motifs is 2. The highest BCUT2D eigenvalue weighted by atomic mass is 16.5. The van der Waals surface area contributed by atoms with Crippen molar-refractivity contribution in [2.45, 2.75) is 32.3 Å². The number of pyridine rings is 1. The van der Waals surface area contributed by atoms with Gasteiger partial charge in [0.15, 0.2) is 5.65 Å². The third-order valence-corrected chi connectivity index (χ3v) is 4.40. The van der Waals surface area contributed by atoms with Gasteiger partial charge in [-0.1, -0.05) is 6.07 Å². The fourth-order valence-corrected chi connectivity index (χ4v) is 3.18. The number of rotatable bonds is 5. The first-order valence-corrected chi connectivity index (χ1v) is 8.82. The fourth-order valence-electron chi connectivity index (χ4n) is 3.18. The Labute approximate surface area is 151 Å². The van der Waals surface area contributed by atoms with E-state index in [1.807, 2.05) is 53.9 Å². The summed E-state index contributed by atoms with van der Waals surface area (Å²) in [5.74, 6) is 1.81. The van der Waals surface area contributed by atoms with Gasteiger partial charge in [0.05, 0.1) is 0 Å². The van der Waals surface area contributed by atoms with Crippen LogP contribution in [0, 0.1) is 0 Å². The molecule has 0 radical (unpaired) electrons. The summed E-state index contributed by atoms with van der Waals surface area (Å²) in [5, 5.41) is 14.1. The fraction of sp³-hybridized carbons (Fsp3) is 0.316. The van der Waals surface area contributed by atoms with Crippen LogP contribution in [-0.2, 0) is 12.8 Å². The SMILES string of the molecule is C[C@H]1Cc2cc(NC(=O)NCCCc3nnc4ccccn34)ccc2O1. The Morgan fingerprint density at radius 3 is 3.15 bits per heavy atom. The van der Waals surface area contributed by atoms with E-state index >= 15 is 0 Å². The zero-order valence-electron chi connectivity index (χ0n) is 14.6. The second-order valence-electron chi connectivity index (χ2n) is 6.48. The summed E-state index contributed by atoms with van der Waals surface area (Å²) < 4.78 is 7.64. The predicted molar refractivity (Wildman–Crippen MR) is 98.6 cm³/mol. The van der Waals surface area contributed by atoms with E-state index in [1.165, 1.54) is 0 Å². The number of anilines is 1. The molecule has 7 heteroatoms. The van der Waals surface area contributed by atoms with Crippen LogP contribution in [-0.4, -0.2) is 33.3 Å². The van der Waals surface area contributed by atoms with Gasteiger partial charge in [0.2, 0.25) is 0 Å². The Morgan fingerprint density at radius 2 is 2.23 bits per heavy atom. The maximum Gasteiger partial charge on any atom is 0.319 e. The smallest absolute Gasteiger partial charge is 0.319 e. The molecular weight excluding hydrogens is 330 g/mol. The highest BCUT2D eigenvalue weighted by Crippen LogP contribution is 2.30. The first-order chi connectivity index (χ1) is 12.7. The van der Waals surface area contributed by atoms with Crippen molar-refractivity contribution in [2.24, 2.45) is 0 Å². The topological polar surface area (TPSA) is 80.5 Å². The van der Waals surface area contributed by atoms with E-state index in [-0.39, 0.29) is 12.1 Å². The van der Waals surface area contributed by atoms with E-state index in [4.69, 9.17) is 4.74 Å². The first kappa shape index (κ1) is 16.4. The Kier molecular flexibility index (Phi) is 4.43. The molecule has 2 N–H and O–H groups in total. The molecule has 2 amide bonds.